The van der Waals surface area contributed by atoms with Gasteiger partial charge >= 0.3 is 5.97 Å². The van der Waals surface area contributed by atoms with E-state index in [1.54, 1.807) is 18.2 Å². The highest BCUT2D eigenvalue weighted by Crippen LogP contribution is 2.38. The normalized spacial score (nSPS) is 14.4. The fourth-order valence-corrected chi connectivity index (χ4v) is 4.35. The van der Waals surface area contributed by atoms with Crippen molar-refractivity contribution in [3.8, 4) is 5.75 Å². The number of carbonyl (C=O) groups excluding carboxylic acids is 2. The smallest absolute Gasteiger partial charge is 0.339 e. The second-order valence-electron chi connectivity index (χ2n) is 8.61. The largest absolute Gasteiger partial charge is 0.508 e. The lowest BCUT2D eigenvalue weighted by molar-refractivity contribution is -0.123. The van der Waals surface area contributed by atoms with E-state index >= 15 is 0 Å². The van der Waals surface area contributed by atoms with E-state index in [4.69, 9.17) is 9.72 Å². The number of nitrogens with zero attached hydrogens (tertiary/aromatic N) is 1. The fraction of sp³-hybridized carbons (Fsp3) is 0.138. The number of ether oxygens (including phenoxy) is 1. The SMILES string of the molecule is CC(OC(=O)c1c2c(nc3ccccc13)/C(=C/c1ccc(O)cc1)CC2)C(=O)Nc1ccccc1F. The number of hydrogen-bond acceptors (Lipinski definition) is 5. The van der Waals surface area contributed by atoms with Gasteiger partial charge < -0.3 is 15.2 Å². The number of carbonyl (C=O) groups is 2. The summed E-state index contributed by atoms with van der Waals surface area (Å²) in [5, 5.41) is 12.7. The molecule has 0 saturated carbocycles. The topological polar surface area (TPSA) is 88.5 Å². The highest BCUT2D eigenvalue weighted by molar-refractivity contribution is 6.08. The molecule has 6 nitrogen and oxygen atoms in total. The minimum Gasteiger partial charge on any atom is -0.508 e. The van der Waals surface area contributed by atoms with Crippen LogP contribution in [-0.4, -0.2) is 28.1 Å². The molecular formula is C29H23FN2O4. The summed E-state index contributed by atoms with van der Waals surface area (Å²) < 4.78 is 19.5. The van der Waals surface area contributed by atoms with Crippen molar-refractivity contribution in [3.63, 3.8) is 0 Å². The van der Waals surface area contributed by atoms with Crippen LogP contribution in [0, 0.1) is 5.82 Å². The number of hydrogen-bond donors (Lipinski definition) is 2. The molecule has 0 radical (unpaired) electrons. The van der Waals surface area contributed by atoms with E-state index in [1.807, 2.05) is 42.5 Å². The van der Waals surface area contributed by atoms with Crippen molar-refractivity contribution in [1.29, 1.82) is 0 Å². The van der Waals surface area contributed by atoms with Gasteiger partial charge in [-0.05, 0) is 72.9 Å². The van der Waals surface area contributed by atoms with Crippen LogP contribution in [0.15, 0.2) is 72.8 Å². The van der Waals surface area contributed by atoms with E-state index < -0.39 is 23.8 Å². The van der Waals surface area contributed by atoms with Crippen LogP contribution in [0.2, 0.25) is 0 Å². The Bertz CT molecular complexity index is 1510. The average Bonchev–Trinajstić information content (AvgIpc) is 3.27. The Kier molecular flexibility index (Phi) is 6.21. The van der Waals surface area contributed by atoms with Crippen LogP contribution in [0.5, 0.6) is 5.75 Å². The Balaban J connectivity index is 1.47. The van der Waals surface area contributed by atoms with Crippen LogP contribution in [-0.2, 0) is 16.0 Å². The summed E-state index contributed by atoms with van der Waals surface area (Å²) in [4.78, 5) is 30.8. The van der Waals surface area contributed by atoms with Gasteiger partial charge in [-0.2, -0.15) is 0 Å². The fourth-order valence-electron chi connectivity index (χ4n) is 4.35. The number of allylic oxidation sites excluding steroid dienone is 1. The van der Waals surface area contributed by atoms with E-state index in [9.17, 15) is 19.1 Å². The Hall–Kier alpha value is -4.52. The second kappa shape index (κ2) is 9.62. The zero-order chi connectivity index (χ0) is 25.2. The van der Waals surface area contributed by atoms with Crippen LogP contribution < -0.4 is 5.32 Å². The number of phenols is 1. The van der Waals surface area contributed by atoms with Crippen LogP contribution >= 0.6 is 0 Å². The number of rotatable bonds is 5. The van der Waals surface area contributed by atoms with Crippen LogP contribution in [0.25, 0.3) is 22.6 Å². The minimum absolute atomic E-state index is 0.0182. The molecule has 4 aromatic rings. The van der Waals surface area contributed by atoms with Gasteiger partial charge in [0.25, 0.3) is 5.91 Å². The van der Waals surface area contributed by atoms with Crippen LogP contribution in [0.3, 0.4) is 0 Å². The van der Waals surface area contributed by atoms with Gasteiger partial charge in [0.1, 0.15) is 11.6 Å². The summed E-state index contributed by atoms with van der Waals surface area (Å²) in [6, 6.07) is 20.0. The predicted molar refractivity (Wildman–Crippen MR) is 136 cm³/mol. The Morgan fingerprint density at radius 1 is 1.03 bits per heavy atom. The molecule has 0 aliphatic heterocycles. The highest BCUT2D eigenvalue weighted by Gasteiger charge is 2.29. The first-order chi connectivity index (χ1) is 17.4. The molecule has 1 atom stereocenters. The van der Waals surface area contributed by atoms with Crippen molar-refractivity contribution >= 4 is 40.1 Å². The lowest BCUT2D eigenvalue weighted by Crippen LogP contribution is -2.30. The van der Waals surface area contributed by atoms with Crippen molar-refractivity contribution in [3.05, 3.63) is 101 Å². The van der Waals surface area contributed by atoms with Gasteiger partial charge in [-0.3, -0.25) is 4.79 Å². The van der Waals surface area contributed by atoms with E-state index in [-0.39, 0.29) is 11.4 Å². The minimum atomic E-state index is -1.15. The maximum Gasteiger partial charge on any atom is 0.339 e. The number of amides is 1. The number of benzene rings is 3. The van der Waals surface area contributed by atoms with Crippen LogP contribution in [0.1, 0.15) is 40.5 Å². The number of fused-ring (bicyclic) bond motifs is 2. The standard InChI is InChI=1S/C29H23FN2O4/c1-17(28(34)32-25-9-5-3-7-23(25)30)36-29(35)26-21-6-2-4-8-24(21)31-27-19(12-15-22(26)27)16-18-10-13-20(33)14-11-18/h2-11,13-14,16-17,33H,12,15H2,1H3,(H,32,34)/b19-16+. The number of aromatic hydroxyl groups is 1. The van der Waals surface area contributed by atoms with E-state index in [2.05, 4.69) is 5.32 Å². The summed E-state index contributed by atoms with van der Waals surface area (Å²) >= 11 is 0. The maximum absolute atomic E-state index is 13.9. The van der Waals surface area contributed by atoms with Crippen LogP contribution in [0.4, 0.5) is 10.1 Å². The van der Waals surface area contributed by atoms with Crippen molar-refractivity contribution in [2.24, 2.45) is 0 Å². The monoisotopic (exact) mass is 482 g/mol. The second-order valence-corrected chi connectivity index (χ2v) is 8.61. The molecule has 0 bridgehead atoms. The number of anilines is 1. The van der Waals surface area contributed by atoms with E-state index in [0.717, 1.165) is 22.4 Å². The number of pyridine rings is 1. The summed E-state index contributed by atoms with van der Waals surface area (Å²) in [5.74, 6) is -1.65. The Labute approximate surface area is 207 Å². The molecule has 1 aromatic heterocycles. The van der Waals surface area contributed by atoms with Gasteiger partial charge in [0, 0.05) is 5.39 Å². The molecule has 180 valence electrons. The van der Waals surface area contributed by atoms with Gasteiger partial charge in [0.05, 0.1) is 22.5 Å². The van der Waals surface area contributed by atoms with Crippen molar-refractivity contribution in [1.82, 2.24) is 4.98 Å². The molecular weight excluding hydrogens is 459 g/mol. The molecule has 0 saturated heterocycles. The predicted octanol–water partition coefficient (Wildman–Crippen LogP) is 5.75. The molecule has 7 heteroatoms. The Morgan fingerprint density at radius 2 is 1.75 bits per heavy atom. The molecule has 1 aliphatic rings. The average molecular weight is 483 g/mol. The molecule has 0 spiro atoms. The molecule has 1 heterocycles. The molecule has 1 aliphatic carbocycles. The molecule has 0 fully saturated rings. The number of nitrogens with one attached hydrogen (secondary N) is 1. The first-order valence-electron chi connectivity index (χ1n) is 11.6. The molecule has 1 unspecified atom stereocenters. The zero-order valence-corrected chi connectivity index (χ0v) is 19.5. The third-order valence-corrected chi connectivity index (χ3v) is 6.16. The van der Waals surface area contributed by atoms with Gasteiger partial charge in [-0.1, -0.05) is 42.5 Å². The first-order valence-corrected chi connectivity index (χ1v) is 11.6. The summed E-state index contributed by atoms with van der Waals surface area (Å²) in [7, 11) is 0. The summed E-state index contributed by atoms with van der Waals surface area (Å²) in [5.41, 5.74) is 4.42. The van der Waals surface area contributed by atoms with Crippen molar-refractivity contribution < 1.29 is 23.8 Å². The number of esters is 1. The third kappa shape index (κ3) is 4.55. The molecule has 5 rings (SSSR count). The number of halogens is 1. The van der Waals surface area contributed by atoms with Gasteiger partial charge in [-0.15, -0.1) is 0 Å². The van der Waals surface area contributed by atoms with Gasteiger partial charge in [-0.25, -0.2) is 14.2 Å². The lowest BCUT2D eigenvalue weighted by Gasteiger charge is -2.16. The van der Waals surface area contributed by atoms with Crippen molar-refractivity contribution in [2.45, 2.75) is 25.9 Å². The highest BCUT2D eigenvalue weighted by atomic mass is 19.1. The number of aromatic nitrogens is 1. The number of phenolic OH excluding ortho intramolecular Hbond substituents is 1. The summed E-state index contributed by atoms with van der Waals surface area (Å²) in [6.45, 7) is 1.45. The maximum atomic E-state index is 13.9. The lowest BCUT2D eigenvalue weighted by atomic mass is 10.0. The molecule has 3 aromatic carbocycles. The number of para-hydroxylation sites is 2. The zero-order valence-electron chi connectivity index (χ0n) is 19.5. The van der Waals surface area contributed by atoms with E-state index in [1.165, 1.54) is 25.1 Å². The third-order valence-electron chi connectivity index (χ3n) is 6.16. The molecule has 2 N–H and O–H groups in total. The van der Waals surface area contributed by atoms with E-state index in [0.29, 0.717) is 29.3 Å². The first kappa shape index (κ1) is 23.2. The van der Waals surface area contributed by atoms with Gasteiger partial charge in [0.2, 0.25) is 0 Å². The summed E-state index contributed by atoms with van der Waals surface area (Å²) in [6.07, 6.45) is 2.13. The van der Waals surface area contributed by atoms with Gasteiger partial charge in [0.15, 0.2) is 6.10 Å². The van der Waals surface area contributed by atoms with Crippen molar-refractivity contribution in [2.75, 3.05) is 5.32 Å². The molecule has 1 amide bonds. The quantitative estimate of drug-likeness (QED) is 0.354. The Morgan fingerprint density at radius 3 is 2.53 bits per heavy atom. The molecule has 36 heavy (non-hydrogen) atoms.